The number of hydrogen-bond donors (Lipinski definition) is 1. The molecule has 0 bridgehead atoms. The second-order valence-corrected chi connectivity index (χ2v) is 5.14. The van der Waals surface area contributed by atoms with Crippen molar-refractivity contribution in [3.8, 4) is 0 Å². The molecule has 2 rings (SSSR count). The van der Waals surface area contributed by atoms with Crippen LogP contribution < -0.4 is 0 Å². The summed E-state index contributed by atoms with van der Waals surface area (Å²) in [6.07, 6.45) is 4.97. The van der Waals surface area contributed by atoms with Crippen LogP contribution in [0.15, 0.2) is 16.7 Å². The van der Waals surface area contributed by atoms with E-state index in [1.807, 2.05) is 19.9 Å². The number of furan rings is 1. The van der Waals surface area contributed by atoms with Gasteiger partial charge in [-0.3, -0.25) is 9.69 Å². The van der Waals surface area contributed by atoms with Crippen LogP contribution in [0.3, 0.4) is 0 Å². The normalized spacial score (nSPS) is 24.6. The van der Waals surface area contributed by atoms with Crippen LogP contribution in [0.2, 0.25) is 0 Å². The molecule has 0 aromatic carbocycles. The van der Waals surface area contributed by atoms with Gasteiger partial charge in [-0.2, -0.15) is 0 Å². The molecular weight excluding hydrogens is 230 g/mol. The highest BCUT2D eigenvalue weighted by atomic mass is 16.4. The van der Waals surface area contributed by atoms with Crippen molar-refractivity contribution in [2.75, 3.05) is 6.54 Å². The molecule has 1 aliphatic rings. The molecule has 1 N–H and O–H groups in total. The molecule has 1 unspecified atom stereocenters. The second kappa shape index (κ2) is 5.14. The maximum Gasteiger partial charge on any atom is 0.324 e. The minimum Gasteiger partial charge on any atom is -0.480 e. The number of hydrogen-bond acceptors (Lipinski definition) is 3. The average Bonchev–Trinajstić information content (AvgIpc) is 2.89. The third-order valence-electron chi connectivity index (χ3n) is 3.99. The summed E-state index contributed by atoms with van der Waals surface area (Å²) >= 11 is 0. The largest absolute Gasteiger partial charge is 0.480 e. The van der Waals surface area contributed by atoms with Crippen LogP contribution in [0.4, 0.5) is 0 Å². The Balaban J connectivity index is 2.20. The maximum atomic E-state index is 11.7. The zero-order valence-electron chi connectivity index (χ0n) is 11.1. The van der Waals surface area contributed by atoms with Crippen molar-refractivity contribution in [2.24, 2.45) is 0 Å². The van der Waals surface area contributed by atoms with Crippen molar-refractivity contribution < 1.29 is 14.3 Å². The van der Waals surface area contributed by atoms with Gasteiger partial charge in [-0.25, -0.2) is 0 Å². The lowest BCUT2D eigenvalue weighted by Gasteiger charge is -2.34. The molecule has 0 saturated carbocycles. The number of carbonyl (C=O) groups is 1. The molecule has 0 amide bonds. The van der Waals surface area contributed by atoms with Gasteiger partial charge in [0.25, 0.3) is 0 Å². The van der Waals surface area contributed by atoms with Crippen molar-refractivity contribution in [2.45, 2.75) is 51.6 Å². The Morgan fingerprint density at radius 1 is 1.61 bits per heavy atom. The predicted molar refractivity (Wildman–Crippen MR) is 68.4 cm³/mol. The fraction of sp³-hybridized carbons (Fsp3) is 0.643. The van der Waals surface area contributed by atoms with E-state index in [0.717, 1.165) is 37.1 Å². The molecular formula is C14H21NO3. The van der Waals surface area contributed by atoms with Gasteiger partial charge < -0.3 is 9.52 Å². The van der Waals surface area contributed by atoms with Crippen LogP contribution in [0.1, 0.15) is 43.9 Å². The second-order valence-electron chi connectivity index (χ2n) is 5.14. The molecule has 0 spiro atoms. The monoisotopic (exact) mass is 251 g/mol. The molecule has 1 aromatic heterocycles. The van der Waals surface area contributed by atoms with Crippen molar-refractivity contribution in [3.05, 3.63) is 23.7 Å². The van der Waals surface area contributed by atoms with E-state index in [2.05, 4.69) is 4.90 Å². The number of carboxylic acids is 1. The van der Waals surface area contributed by atoms with Crippen LogP contribution in [-0.4, -0.2) is 28.1 Å². The summed E-state index contributed by atoms with van der Waals surface area (Å²) < 4.78 is 5.44. The van der Waals surface area contributed by atoms with Crippen LogP contribution in [-0.2, 0) is 11.3 Å². The van der Waals surface area contributed by atoms with Gasteiger partial charge in [-0.05, 0) is 44.4 Å². The number of aryl methyl sites for hydroxylation is 1. The zero-order chi connectivity index (χ0) is 13.2. The fourth-order valence-corrected chi connectivity index (χ4v) is 2.95. The molecule has 0 radical (unpaired) electrons. The summed E-state index contributed by atoms with van der Waals surface area (Å²) in [5.41, 5.74) is 0.409. The van der Waals surface area contributed by atoms with Gasteiger partial charge in [-0.1, -0.05) is 13.3 Å². The smallest absolute Gasteiger partial charge is 0.324 e. The highest BCUT2D eigenvalue weighted by Gasteiger charge is 2.46. The first kappa shape index (κ1) is 13.1. The van der Waals surface area contributed by atoms with E-state index in [-0.39, 0.29) is 0 Å². The summed E-state index contributed by atoms with van der Waals surface area (Å²) in [6.45, 7) is 5.48. The van der Waals surface area contributed by atoms with Gasteiger partial charge in [0.05, 0.1) is 12.8 Å². The fourth-order valence-electron chi connectivity index (χ4n) is 2.95. The lowest BCUT2D eigenvalue weighted by Crippen LogP contribution is -2.50. The molecule has 4 nitrogen and oxygen atoms in total. The first-order valence-corrected chi connectivity index (χ1v) is 6.61. The van der Waals surface area contributed by atoms with E-state index in [4.69, 9.17) is 4.42 Å². The SMILES string of the molecule is CCCC1(C(=O)O)CCCN1Cc1occc1C. The molecule has 100 valence electrons. The molecule has 1 atom stereocenters. The standard InChI is InChI=1S/C14H21NO3/c1-3-6-14(13(16)17)7-4-8-15(14)10-12-11(2)5-9-18-12/h5,9H,3-4,6-8,10H2,1-2H3,(H,16,17). The van der Waals surface area contributed by atoms with E-state index < -0.39 is 11.5 Å². The number of aliphatic carboxylic acids is 1. The van der Waals surface area contributed by atoms with E-state index >= 15 is 0 Å². The van der Waals surface area contributed by atoms with Crippen molar-refractivity contribution >= 4 is 5.97 Å². The van der Waals surface area contributed by atoms with Gasteiger partial charge >= 0.3 is 5.97 Å². The summed E-state index contributed by atoms with van der Waals surface area (Å²) in [5.74, 6) is 0.199. The van der Waals surface area contributed by atoms with Gasteiger partial charge in [0.2, 0.25) is 0 Å². The number of rotatable bonds is 5. The van der Waals surface area contributed by atoms with Gasteiger partial charge in [-0.15, -0.1) is 0 Å². The molecule has 1 aliphatic heterocycles. The Morgan fingerprint density at radius 2 is 2.39 bits per heavy atom. The highest BCUT2D eigenvalue weighted by molar-refractivity contribution is 5.79. The molecule has 4 heteroatoms. The van der Waals surface area contributed by atoms with Crippen LogP contribution >= 0.6 is 0 Å². The topological polar surface area (TPSA) is 53.7 Å². The van der Waals surface area contributed by atoms with E-state index in [1.165, 1.54) is 0 Å². The third kappa shape index (κ3) is 2.17. The first-order valence-electron chi connectivity index (χ1n) is 6.61. The van der Waals surface area contributed by atoms with Crippen molar-refractivity contribution in [1.29, 1.82) is 0 Å². The summed E-state index contributed by atoms with van der Waals surface area (Å²) in [6, 6.07) is 1.92. The molecule has 1 aromatic rings. The van der Waals surface area contributed by atoms with Gasteiger partial charge in [0.1, 0.15) is 11.3 Å². The predicted octanol–water partition coefficient (Wildman–Crippen LogP) is 2.81. The molecule has 1 saturated heterocycles. The van der Waals surface area contributed by atoms with Crippen molar-refractivity contribution in [3.63, 3.8) is 0 Å². The molecule has 2 heterocycles. The number of nitrogens with zero attached hydrogens (tertiary/aromatic N) is 1. The highest BCUT2D eigenvalue weighted by Crippen LogP contribution is 2.35. The lowest BCUT2D eigenvalue weighted by molar-refractivity contribution is -0.150. The van der Waals surface area contributed by atoms with E-state index in [0.29, 0.717) is 13.0 Å². The van der Waals surface area contributed by atoms with Gasteiger partial charge in [0.15, 0.2) is 0 Å². The van der Waals surface area contributed by atoms with Gasteiger partial charge in [0, 0.05) is 0 Å². The van der Waals surface area contributed by atoms with Crippen LogP contribution in [0, 0.1) is 6.92 Å². The Morgan fingerprint density at radius 3 is 2.94 bits per heavy atom. The van der Waals surface area contributed by atoms with Crippen LogP contribution in [0.25, 0.3) is 0 Å². The van der Waals surface area contributed by atoms with Crippen molar-refractivity contribution in [1.82, 2.24) is 4.90 Å². The molecule has 1 fully saturated rings. The number of likely N-dealkylation sites (tertiary alicyclic amines) is 1. The Labute approximate surface area is 108 Å². The summed E-state index contributed by atoms with van der Waals surface area (Å²) in [7, 11) is 0. The van der Waals surface area contributed by atoms with Crippen LogP contribution in [0.5, 0.6) is 0 Å². The first-order chi connectivity index (χ1) is 8.60. The Bertz CT molecular complexity index is 426. The third-order valence-corrected chi connectivity index (χ3v) is 3.99. The maximum absolute atomic E-state index is 11.7. The van der Waals surface area contributed by atoms with E-state index in [9.17, 15) is 9.90 Å². The number of carboxylic acid groups (broad SMARTS) is 1. The molecule has 18 heavy (non-hydrogen) atoms. The minimum absolute atomic E-state index is 0.602. The zero-order valence-corrected chi connectivity index (χ0v) is 11.1. The quantitative estimate of drug-likeness (QED) is 0.874. The minimum atomic E-state index is -0.689. The molecule has 0 aliphatic carbocycles. The summed E-state index contributed by atoms with van der Waals surface area (Å²) in [4.78, 5) is 13.7. The lowest BCUT2D eigenvalue weighted by atomic mass is 9.90. The van der Waals surface area contributed by atoms with E-state index in [1.54, 1.807) is 6.26 Å². The Kier molecular flexibility index (Phi) is 3.76. The summed E-state index contributed by atoms with van der Waals surface area (Å²) in [5, 5.41) is 9.59. The average molecular weight is 251 g/mol. The Hall–Kier alpha value is -1.29.